The SMILES string of the molecule is Cc1nc(C)c(CC(=O)N2CCC[C@@]3(C)[C@@H]2CCCCN3C)s1. The first-order valence-corrected chi connectivity index (χ1v) is 9.67. The molecular weight excluding hydrogens is 306 g/mol. The Balaban J connectivity index is 1.80. The zero-order valence-electron chi connectivity index (χ0n) is 14.9. The van der Waals surface area contributed by atoms with Gasteiger partial charge in [0.05, 0.1) is 17.1 Å². The zero-order valence-corrected chi connectivity index (χ0v) is 15.7. The van der Waals surface area contributed by atoms with Crippen LogP contribution in [0.15, 0.2) is 0 Å². The molecule has 2 atom stereocenters. The van der Waals surface area contributed by atoms with Crippen LogP contribution in [-0.2, 0) is 11.2 Å². The summed E-state index contributed by atoms with van der Waals surface area (Å²) >= 11 is 1.67. The number of aromatic nitrogens is 1. The molecule has 0 bridgehead atoms. The molecule has 2 aliphatic rings. The third-order valence-corrected chi connectivity index (χ3v) is 6.97. The van der Waals surface area contributed by atoms with Gasteiger partial charge in [0, 0.05) is 23.0 Å². The minimum Gasteiger partial charge on any atom is -0.338 e. The number of hydrogen-bond acceptors (Lipinski definition) is 4. The van der Waals surface area contributed by atoms with Gasteiger partial charge >= 0.3 is 0 Å². The molecule has 0 aromatic carbocycles. The van der Waals surface area contributed by atoms with Crippen molar-refractivity contribution in [3.63, 3.8) is 0 Å². The number of carbonyl (C=O) groups excluding carboxylic acids is 1. The lowest BCUT2D eigenvalue weighted by Gasteiger charge is -2.51. The van der Waals surface area contributed by atoms with E-state index in [-0.39, 0.29) is 5.54 Å². The minimum absolute atomic E-state index is 0.142. The maximum absolute atomic E-state index is 13.0. The van der Waals surface area contributed by atoms with Crippen molar-refractivity contribution in [1.29, 1.82) is 0 Å². The molecule has 4 nitrogen and oxygen atoms in total. The van der Waals surface area contributed by atoms with Crippen molar-refractivity contribution >= 4 is 17.2 Å². The van der Waals surface area contributed by atoms with E-state index in [4.69, 9.17) is 0 Å². The van der Waals surface area contributed by atoms with Gasteiger partial charge in [-0.25, -0.2) is 4.98 Å². The molecule has 0 saturated carbocycles. The number of aryl methyl sites for hydroxylation is 2. The van der Waals surface area contributed by atoms with Gasteiger partial charge in [-0.15, -0.1) is 11.3 Å². The van der Waals surface area contributed by atoms with Gasteiger partial charge in [0.2, 0.25) is 5.91 Å². The fourth-order valence-corrected chi connectivity index (χ4v) is 5.32. The molecule has 23 heavy (non-hydrogen) atoms. The van der Waals surface area contributed by atoms with Crippen LogP contribution in [0.1, 0.15) is 54.6 Å². The Morgan fingerprint density at radius 3 is 2.78 bits per heavy atom. The fraction of sp³-hybridized carbons (Fsp3) is 0.778. The smallest absolute Gasteiger partial charge is 0.228 e. The van der Waals surface area contributed by atoms with Gasteiger partial charge in [-0.2, -0.15) is 0 Å². The molecule has 128 valence electrons. The highest BCUT2D eigenvalue weighted by Gasteiger charge is 2.45. The maximum Gasteiger partial charge on any atom is 0.228 e. The van der Waals surface area contributed by atoms with Crippen molar-refractivity contribution in [2.45, 2.75) is 70.9 Å². The molecule has 0 radical (unpaired) electrons. The van der Waals surface area contributed by atoms with Gasteiger partial charge < -0.3 is 4.90 Å². The average molecular weight is 336 g/mol. The highest BCUT2D eigenvalue weighted by atomic mass is 32.1. The third-order valence-electron chi connectivity index (χ3n) is 5.90. The van der Waals surface area contributed by atoms with Gasteiger partial charge in [0.1, 0.15) is 0 Å². The van der Waals surface area contributed by atoms with Crippen molar-refractivity contribution in [2.75, 3.05) is 20.1 Å². The summed E-state index contributed by atoms with van der Waals surface area (Å²) in [6.07, 6.45) is 6.46. The number of likely N-dealkylation sites (tertiary alicyclic amines) is 2. The summed E-state index contributed by atoms with van der Waals surface area (Å²) in [5.74, 6) is 0.294. The van der Waals surface area contributed by atoms with Crippen LogP contribution in [0.25, 0.3) is 0 Å². The first-order valence-electron chi connectivity index (χ1n) is 8.85. The van der Waals surface area contributed by atoms with Gasteiger partial charge in [-0.3, -0.25) is 9.69 Å². The minimum atomic E-state index is 0.142. The van der Waals surface area contributed by atoms with Crippen LogP contribution in [0, 0.1) is 13.8 Å². The lowest BCUT2D eigenvalue weighted by Crippen LogP contribution is -2.63. The maximum atomic E-state index is 13.0. The summed E-state index contributed by atoms with van der Waals surface area (Å²) in [5, 5.41) is 1.06. The third kappa shape index (κ3) is 3.18. The molecule has 3 heterocycles. The number of hydrogen-bond donors (Lipinski definition) is 0. The van der Waals surface area contributed by atoms with Crippen LogP contribution < -0.4 is 0 Å². The number of amides is 1. The van der Waals surface area contributed by atoms with Crippen LogP contribution in [-0.4, -0.2) is 52.4 Å². The largest absolute Gasteiger partial charge is 0.338 e. The molecule has 1 aromatic rings. The fourth-order valence-electron chi connectivity index (χ4n) is 4.39. The quantitative estimate of drug-likeness (QED) is 0.833. The number of thiazole rings is 1. The number of rotatable bonds is 2. The predicted octanol–water partition coefficient (Wildman–Crippen LogP) is 3.17. The van der Waals surface area contributed by atoms with Gasteiger partial charge in [-0.1, -0.05) is 6.42 Å². The second kappa shape index (κ2) is 6.52. The summed E-state index contributed by atoms with van der Waals surface area (Å²) in [5.41, 5.74) is 1.17. The number of carbonyl (C=O) groups is 1. The highest BCUT2D eigenvalue weighted by Crippen LogP contribution is 2.37. The molecular formula is C18H29N3OS. The molecule has 2 saturated heterocycles. The number of nitrogens with zero attached hydrogens (tertiary/aromatic N) is 3. The molecule has 1 amide bonds. The second-order valence-electron chi connectivity index (χ2n) is 7.40. The van der Waals surface area contributed by atoms with E-state index in [1.54, 1.807) is 11.3 Å². The number of fused-ring (bicyclic) bond motifs is 1. The molecule has 5 heteroatoms. The van der Waals surface area contributed by atoms with E-state index in [2.05, 4.69) is 28.8 Å². The summed E-state index contributed by atoms with van der Waals surface area (Å²) in [7, 11) is 2.24. The van der Waals surface area contributed by atoms with Gasteiger partial charge in [0.25, 0.3) is 0 Å². The predicted molar refractivity (Wildman–Crippen MR) is 94.9 cm³/mol. The lowest BCUT2D eigenvalue weighted by molar-refractivity contribution is -0.139. The molecule has 2 fully saturated rings. The van der Waals surface area contributed by atoms with Gasteiger partial charge in [0.15, 0.2) is 0 Å². The van der Waals surface area contributed by atoms with E-state index in [1.807, 2.05) is 13.8 Å². The van der Waals surface area contributed by atoms with Crippen LogP contribution >= 0.6 is 11.3 Å². The van der Waals surface area contributed by atoms with Crippen LogP contribution in [0.4, 0.5) is 0 Å². The molecule has 0 unspecified atom stereocenters. The Hall–Kier alpha value is -0.940. The van der Waals surface area contributed by atoms with E-state index in [0.717, 1.165) is 41.5 Å². The summed E-state index contributed by atoms with van der Waals surface area (Å²) in [4.78, 5) is 23.3. The van der Waals surface area contributed by atoms with Crippen molar-refractivity contribution < 1.29 is 4.79 Å². The Labute approximate surface area is 143 Å². The molecule has 0 aliphatic carbocycles. The van der Waals surface area contributed by atoms with Crippen LogP contribution in [0.5, 0.6) is 0 Å². The molecule has 3 rings (SSSR count). The van der Waals surface area contributed by atoms with E-state index >= 15 is 0 Å². The van der Waals surface area contributed by atoms with Crippen molar-refractivity contribution in [2.24, 2.45) is 0 Å². The summed E-state index contributed by atoms with van der Waals surface area (Å²) in [6, 6.07) is 0.366. The zero-order chi connectivity index (χ0) is 16.6. The first kappa shape index (κ1) is 16.9. The summed E-state index contributed by atoms with van der Waals surface area (Å²) in [6.45, 7) is 8.48. The van der Waals surface area contributed by atoms with E-state index in [0.29, 0.717) is 18.4 Å². The Morgan fingerprint density at radius 2 is 2.09 bits per heavy atom. The standard InChI is InChI=1S/C18H29N3OS/c1-13-15(23-14(2)19-13)12-17(22)21-11-7-9-18(3)16(21)8-5-6-10-20(18)4/h16H,5-12H2,1-4H3/t16-,18-/m0/s1. The number of likely N-dealkylation sites (N-methyl/N-ethyl adjacent to an activating group) is 1. The normalized spacial score (nSPS) is 29.2. The van der Waals surface area contributed by atoms with E-state index < -0.39 is 0 Å². The van der Waals surface area contributed by atoms with Crippen LogP contribution in [0.2, 0.25) is 0 Å². The van der Waals surface area contributed by atoms with Crippen LogP contribution in [0.3, 0.4) is 0 Å². The van der Waals surface area contributed by atoms with Gasteiger partial charge in [-0.05, 0) is 60.0 Å². The van der Waals surface area contributed by atoms with E-state index in [1.165, 1.54) is 19.3 Å². The summed E-state index contributed by atoms with van der Waals surface area (Å²) < 4.78 is 0. The Bertz CT molecular complexity index is 585. The van der Waals surface area contributed by atoms with Crippen molar-refractivity contribution in [3.8, 4) is 0 Å². The number of piperidine rings is 1. The monoisotopic (exact) mass is 335 g/mol. The average Bonchev–Trinajstić information content (AvgIpc) is 2.72. The Kier molecular flexibility index (Phi) is 4.79. The first-order chi connectivity index (χ1) is 10.9. The van der Waals surface area contributed by atoms with Crippen molar-refractivity contribution in [1.82, 2.24) is 14.8 Å². The lowest BCUT2D eigenvalue weighted by atomic mass is 9.80. The molecule has 0 N–H and O–H groups in total. The van der Waals surface area contributed by atoms with Crippen molar-refractivity contribution in [3.05, 3.63) is 15.6 Å². The molecule has 1 aromatic heterocycles. The topological polar surface area (TPSA) is 36.4 Å². The molecule has 0 spiro atoms. The molecule has 2 aliphatic heterocycles. The van der Waals surface area contributed by atoms with E-state index in [9.17, 15) is 4.79 Å². The Morgan fingerprint density at radius 1 is 1.30 bits per heavy atom. The highest BCUT2D eigenvalue weighted by molar-refractivity contribution is 7.11. The second-order valence-corrected chi connectivity index (χ2v) is 8.69.